The fourth-order valence-electron chi connectivity index (χ4n) is 1.13. The Morgan fingerprint density at radius 2 is 2.11 bits per heavy atom. The van der Waals surface area contributed by atoms with Crippen LogP contribution in [0, 0.1) is 0 Å². The summed E-state index contributed by atoms with van der Waals surface area (Å²) < 4.78 is 27.8. The molecule has 6 nitrogen and oxygen atoms in total. The van der Waals surface area contributed by atoms with E-state index in [4.69, 9.17) is 15.4 Å². The minimum atomic E-state index is -3.56. The third kappa shape index (κ3) is 5.50. The summed E-state index contributed by atoms with van der Waals surface area (Å²) in [6, 6.07) is 0. The highest BCUT2D eigenvalue weighted by molar-refractivity contribution is 8.13. The van der Waals surface area contributed by atoms with Gasteiger partial charge in [-0.3, -0.25) is 0 Å². The number of imidazole rings is 1. The van der Waals surface area contributed by atoms with E-state index in [1.807, 2.05) is 0 Å². The van der Waals surface area contributed by atoms with Gasteiger partial charge in [-0.1, -0.05) is 0 Å². The van der Waals surface area contributed by atoms with E-state index in [0.29, 0.717) is 5.69 Å². The summed E-state index contributed by atoms with van der Waals surface area (Å²) in [6.07, 6.45) is 2.30. The van der Waals surface area contributed by atoms with Crippen LogP contribution in [0.1, 0.15) is 26.5 Å². The van der Waals surface area contributed by atoms with E-state index in [9.17, 15) is 13.2 Å². The van der Waals surface area contributed by atoms with Gasteiger partial charge in [-0.25, -0.2) is 22.8 Å². The van der Waals surface area contributed by atoms with E-state index in [1.165, 1.54) is 17.1 Å². The molecule has 0 aromatic carbocycles. The van der Waals surface area contributed by atoms with E-state index in [1.54, 1.807) is 20.8 Å². The number of carbonyl (C=O) groups excluding carboxylic acids is 1. The van der Waals surface area contributed by atoms with Crippen molar-refractivity contribution in [2.45, 2.75) is 32.8 Å². The zero-order chi connectivity index (χ0) is 14.0. The van der Waals surface area contributed by atoms with Gasteiger partial charge in [-0.05, 0) is 20.8 Å². The van der Waals surface area contributed by atoms with Crippen LogP contribution < -0.4 is 0 Å². The molecule has 0 aliphatic rings. The molecule has 0 fully saturated rings. The lowest BCUT2D eigenvalue weighted by Gasteiger charge is -2.19. The van der Waals surface area contributed by atoms with E-state index in [0.717, 1.165) is 0 Å². The van der Waals surface area contributed by atoms with Gasteiger partial charge in [0.1, 0.15) is 11.9 Å². The summed E-state index contributed by atoms with van der Waals surface area (Å²) in [4.78, 5) is 15.5. The third-order valence-corrected chi connectivity index (χ3v) is 3.00. The van der Waals surface area contributed by atoms with Crippen molar-refractivity contribution in [3.63, 3.8) is 0 Å². The molecule has 0 spiro atoms. The molecule has 1 rings (SSSR count). The molecule has 0 bridgehead atoms. The molecule has 8 heteroatoms. The van der Waals surface area contributed by atoms with Gasteiger partial charge in [0.05, 0.1) is 11.4 Å². The number of ether oxygens (including phenoxy) is 1. The lowest BCUT2D eigenvalue weighted by molar-refractivity contribution is 0.0536. The van der Waals surface area contributed by atoms with Crippen LogP contribution in [0.15, 0.2) is 12.5 Å². The van der Waals surface area contributed by atoms with Crippen LogP contribution in [0.4, 0.5) is 4.79 Å². The van der Waals surface area contributed by atoms with Crippen molar-refractivity contribution in [1.29, 1.82) is 0 Å². The maximum atomic E-state index is 11.6. The molecule has 0 atom stereocenters. The van der Waals surface area contributed by atoms with Crippen molar-refractivity contribution in [3.05, 3.63) is 18.2 Å². The van der Waals surface area contributed by atoms with Crippen molar-refractivity contribution in [2.24, 2.45) is 0 Å². The summed E-state index contributed by atoms with van der Waals surface area (Å²) in [6.45, 7) is 5.26. The maximum absolute atomic E-state index is 11.6. The van der Waals surface area contributed by atoms with Crippen LogP contribution in [0.2, 0.25) is 0 Å². The fourth-order valence-corrected chi connectivity index (χ4v) is 1.82. The molecule has 0 saturated heterocycles. The second kappa shape index (κ2) is 5.27. The molecule has 1 aromatic rings. The first kappa shape index (κ1) is 15.0. The predicted molar refractivity (Wildman–Crippen MR) is 67.2 cm³/mol. The van der Waals surface area contributed by atoms with Crippen LogP contribution in [0.3, 0.4) is 0 Å². The van der Waals surface area contributed by atoms with Gasteiger partial charge in [-0.2, -0.15) is 0 Å². The van der Waals surface area contributed by atoms with Gasteiger partial charge in [0.25, 0.3) is 0 Å². The number of aromatic nitrogens is 2. The largest absolute Gasteiger partial charge is 0.443 e. The Bertz CT molecular complexity index is 530. The molecular formula is C10H15ClN2O4S. The predicted octanol–water partition coefficient (Wildman–Crippen LogP) is 1.78. The molecule has 0 aliphatic heterocycles. The Balaban J connectivity index is 2.66. The zero-order valence-electron chi connectivity index (χ0n) is 10.4. The Morgan fingerprint density at radius 1 is 1.50 bits per heavy atom. The van der Waals surface area contributed by atoms with Crippen LogP contribution in [-0.2, 0) is 20.2 Å². The smallest absolute Gasteiger partial charge is 0.419 e. The molecule has 1 aromatic heterocycles. The van der Waals surface area contributed by atoms with E-state index in [-0.39, 0.29) is 12.2 Å². The summed E-state index contributed by atoms with van der Waals surface area (Å²) in [5.41, 5.74) is -0.133. The molecule has 18 heavy (non-hydrogen) atoms. The number of rotatable bonds is 3. The van der Waals surface area contributed by atoms with Gasteiger partial charge in [0.15, 0.2) is 0 Å². The second-order valence-corrected chi connectivity index (χ2v) is 7.64. The fraction of sp³-hybridized carbons (Fsp3) is 0.600. The minimum Gasteiger partial charge on any atom is -0.443 e. The lowest BCUT2D eigenvalue weighted by Crippen LogP contribution is -2.26. The van der Waals surface area contributed by atoms with Crippen LogP contribution in [0.5, 0.6) is 0 Å². The highest BCUT2D eigenvalue weighted by atomic mass is 35.7. The highest BCUT2D eigenvalue weighted by Gasteiger charge is 2.18. The number of hydrogen-bond acceptors (Lipinski definition) is 5. The van der Waals surface area contributed by atoms with E-state index >= 15 is 0 Å². The quantitative estimate of drug-likeness (QED) is 0.794. The minimum absolute atomic E-state index is 0.154. The van der Waals surface area contributed by atoms with Crippen LogP contribution in [-0.4, -0.2) is 35.4 Å². The summed E-state index contributed by atoms with van der Waals surface area (Å²) in [7, 11) is 1.53. The van der Waals surface area contributed by atoms with Gasteiger partial charge >= 0.3 is 6.09 Å². The Hall–Kier alpha value is -1.08. The number of hydrogen-bond donors (Lipinski definition) is 0. The third-order valence-electron chi connectivity index (χ3n) is 1.84. The van der Waals surface area contributed by atoms with E-state index in [2.05, 4.69) is 4.98 Å². The average molecular weight is 295 g/mol. The summed E-state index contributed by atoms with van der Waals surface area (Å²) >= 11 is 0. The van der Waals surface area contributed by atoms with Crippen molar-refractivity contribution < 1.29 is 17.9 Å². The molecule has 0 radical (unpaired) electrons. The lowest BCUT2D eigenvalue weighted by atomic mass is 10.2. The van der Waals surface area contributed by atoms with Crippen molar-refractivity contribution >= 4 is 25.8 Å². The Morgan fingerprint density at radius 3 is 2.61 bits per heavy atom. The summed E-state index contributed by atoms with van der Waals surface area (Å²) in [5, 5.41) is 0. The summed E-state index contributed by atoms with van der Waals surface area (Å²) in [5.74, 6) is -0.222. The number of carbonyl (C=O) groups is 1. The van der Waals surface area contributed by atoms with Gasteiger partial charge in [0.2, 0.25) is 9.05 Å². The van der Waals surface area contributed by atoms with Gasteiger partial charge in [-0.15, -0.1) is 0 Å². The molecule has 1 heterocycles. The number of aryl methyl sites for hydroxylation is 1. The first-order chi connectivity index (χ1) is 8.07. The second-order valence-electron chi connectivity index (χ2n) is 4.75. The molecule has 0 unspecified atom stereocenters. The highest BCUT2D eigenvalue weighted by Crippen LogP contribution is 2.10. The average Bonchev–Trinajstić information content (AvgIpc) is 2.58. The Kier molecular flexibility index (Phi) is 4.39. The van der Waals surface area contributed by atoms with Crippen molar-refractivity contribution in [1.82, 2.24) is 9.55 Å². The Labute approximate surface area is 110 Å². The van der Waals surface area contributed by atoms with Gasteiger partial charge in [0, 0.05) is 23.3 Å². The number of nitrogens with zero attached hydrogens (tertiary/aromatic N) is 2. The SMILES string of the molecule is CC(C)(C)OC(=O)n1cnc(CCS(=O)(=O)Cl)c1. The van der Waals surface area contributed by atoms with Crippen LogP contribution in [0.25, 0.3) is 0 Å². The van der Waals surface area contributed by atoms with Gasteiger partial charge < -0.3 is 4.74 Å². The first-order valence-corrected chi connectivity index (χ1v) is 7.73. The molecule has 102 valence electrons. The van der Waals surface area contributed by atoms with E-state index < -0.39 is 20.7 Å². The normalized spacial score (nSPS) is 12.4. The molecule has 0 amide bonds. The van der Waals surface area contributed by atoms with Crippen molar-refractivity contribution in [3.8, 4) is 0 Å². The zero-order valence-corrected chi connectivity index (χ0v) is 12.0. The maximum Gasteiger partial charge on any atom is 0.419 e. The molecule has 0 N–H and O–H groups in total. The standard InChI is InChI=1S/C10H15ClN2O4S/c1-10(2,3)17-9(14)13-6-8(12-7-13)4-5-18(11,15)16/h6-7H,4-5H2,1-3H3. The molecule has 0 aliphatic carbocycles. The first-order valence-electron chi connectivity index (χ1n) is 5.25. The number of halogens is 1. The van der Waals surface area contributed by atoms with Crippen molar-refractivity contribution in [2.75, 3.05) is 5.75 Å². The molecule has 0 saturated carbocycles. The topological polar surface area (TPSA) is 78.3 Å². The monoisotopic (exact) mass is 294 g/mol. The van der Waals surface area contributed by atoms with Crippen LogP contribution >= 0.6 is 10.7 Å². The molecular weight excluding hydrogens is 280 g/mol.